The molecule has 0 bridgehead atoms. The van der Waals surface area contributed by atoms with E-state index in [0.717, 1.165) is 11.4 Å². The molecule has 0 aromatic heterocycles. The molecule has 2 aromatic rings. The van der Waals surface area contributed by atoms with Crippen molar-refractivity contribution in [2.24, 2.45) is 0 Å². The van der Waals surface area contributed by atoms with E-state index in [-0.39, 0.29) is 5.91 Å². The molecule has 1 saturated heterocycles. The normalized spacial score (nSPS) is 19.4. The Hall–Kier alpha value is -2.57. The summed E-state index contributed by atoms with van der Waals surface area (Å²) in [5.41, 5.74) is 2.68. The smallest absolute Gasteiger partial charge is 0.274 e. The van der Waals surface area contributed by atoms with Crippen LogP contribution in [0.3, 0.4) is 0 Å². The molecule has 1 atom stereocenters. The zero-order valence-electron chi connectivity index (χ0n) is 13.6. The minimum atomic E-state index is -0.772. The van der Waals surface area contributed by atoms with Crippen molar-refractivity contribution in [3.63, 3.8) is 0 Å². The molecule has 3 N–H and O–H groups in total. The van der Waals surface area contributed by atoms with Gasteiger partial charge < -0.3 is 10.2 Å². The quantitative estimate of drug-likeness (QED) is 0.579. The van der Waals surface area contributed by atoms with Gasteiger partial charge in [0.1, 0.15) is 5.54 Å². The van der Waals surface area contributed by atoms with Crippen molar-refractivity contribution >= 4 is 34.8 Å². The van der Waals surface area contributed by atoms with Gasteiger partial charge in [-0.25, -0.2) is 5.48 Å². The predicted octanol–water partition coefficient (Wildman–Crippen LogP) is 2.88. The third-order valence-electron chi connectivity index (χ3n) is 4.44. The Kier molecular flexibility index (Phi) is 4.65. The first kappa shape index (κ1) is 17.3. The van der Waals surface area contributed by atoms with Crippen LogP contribution < -0.4 is 15.7 Å². The predicted molar refractivity (Wildman–Crippen MR) is 95.3 cm³/mol. The van der Waals surface area contributed by atoms with Crippen LogP contribution in [0.25, 0.3) is 0 Å². The fraction of sp³-hybridized carbons (Fsp3) is 0.222. The molecule has 7 heteroatoms. The van der Waals surface area contributed by atoms with Crippen molar-refractivity contribution in [2.75, 3.05) is 11.4 Å². The highest BCUT2D eigenvalue weighted by Crippen LogP contribution is 2.38. The molecule has 130 valence electrons. The van der Waals surface area contributed by atoms with Crippen LogP contribution in [0, 0.1) is 0 Å². The van der Waals surface area contributed by atoms with Crippen LogP contribution in [0.5, 0.6) is 0 Å². The lowest BCUT2D eigenvalue weighted by atomic mass is 9.95. The molecule has 2 amide bonds. The van der Waals surface area contributed by atoms with Gasteiger partial charge in [0, 0.05) is 28.5 Å². The summed E-state index contributed by atoms with van der Waals surface area (Å²) in [6.45, 7) is 2.47. The Labute approximate surface area is 150 Å². The number of halogens is 1. The largest absolute Gasteiger partial charge is 0.354 e. The lowest BCUT2D eigenvalue weighted by molar-refractivity contribution is -0.123. The SMILES string of the molecule is CC1(N(c2ccc(C(=O)NO)cc2)c2cccc(Cl)c2)CCNC1=O. The number of hydrogen-bond acceptors (Lipinski definition) is 4. The van der Waals surface area contributed by atoms with E-state index in [1.54, 1.807) is 41.9 Å². The molecule has 0 aliphatic carbocycles. The van der Waals surface area contributed by atoms with Gasteiger partial charge in [0.2, 0.25) is 5.91 Å². The van der Waals surface area contributed by atoms with E-state index in [1.807, 2.05) is 24.0 Å². The second-order valence-corrected chi connectivity index (χ2v) is 6.52. The van der Waals surface area contributed by atoms with E-state index in [9.17, 15) is 9.59 Å². The molecule has 0 spiro atoms. The van der Waals surface area contributed by atoms with Gasteiger partial charge in [0.25, 0.3) is 5.91 Å². The van der Waals surface area contributed by atoms with Gasteiger partial charge in [-0.1, -0.05) is 17.7 Å². The van der Waals surface area contributed by atoms with Crippen LogP contribution in [0.4, 0.5) is 11.4 Å². The molecule has 25 heavy (non-hydrogen) atoms. The fourth-order valence-corrected chi connectivity index (χ4v) is 3.28. The van der Waals surface area contributed by atoms with Crippen LogP contribution in [0.2, 0.25) is 5.02 Å². The second-order valence-electron chi connectivity index (χ2n) is 6.08. The number of amides is 2. The third kappa shape index (κ3) is 3.18. The Morgan fingerprint density at radius 2 is 1.96 bits per heavy atom. The molecule has 0 saturated carbocycles. The highest BCUT2D eigenvalue weighted by Gasteiger charge is 2.44. The van der Waals surface area contributed by atoms with Gasteiger partial charge in [0.15, 0.2) is 0 Å². The molecule has 1 unspecified atom stereocenters. The Morgan fingerprint density at radius 3 is 2.52 bits per heavy atom. The standard InChI is InChI=1S/C18H18ClN3O3/c1-18(9-10-20-17(18)24)22(15-4-2-3-13(19)11-15)14-7-5-12(6-8-14)16(23)21-25/h2-8,11,25H,9-10H2,1H3,(H,20,24)(H,21,23). The summed E-state index contributed by atoms with van der Waals surface area (Å²) in [7, 11) is 0. The first-order valence-electron chi connectivity index (χ1n) is 7.84. The van der Waals surface area contributed by atoms with Gasteiger partial charge in [0.05, 0.1) is 0 Å². The molecular weight excluding hydrogens is 342 g/mol. The number of rotatable bonds is 4. The molecule has 1 aliphatic rings. The molecule has 2 aromatic carbocycles. The second kappa shape index (κ2) is 6.74. The van der Waals surface area contributed by atoms with Gasteiger partial charge in [-0.05, 0) is 55.8 Å². The molecule has 0 radical (unpaired) electrons. The van der Waals surface area contributed by atoms with E-state index < -0.39 is 11.4 Å². The average Bonchev–Trinajstić information content (AvgIpc) is 2.94. The summed E-state index contributed by atoms with van der Waals surface area (Å²) in [6.07, 6.45) is 0.636. The summed E-state index contributed by atoms with van der Waals surface area (Å²) in [5.74, 6) is -0.657. The first-order chi connectivity index (χ1) is 12.0. The number of nitrogens with zero attached hydrogens (tertiary/aromatic N) is 1. The van der Waals surface area contributed by atoms with Gasteiger partial charge in [-0.3, -0.25) is 14.8 Å². The topological polar surface area (TPSA) is 81.7 Å². The third-order valence-corrected chi connectivity index (χ3v) is 4.67. The van der Waals surface area contributed by atoms with Crippen LogP contribution in [-0.4, -0.2) is 29.1 Å². The van der Waals surface area contributed by atoms with E-state index >= 15 is 0 Å². The van der Waals surface area contributed by atoms with E-state index in [2.05, 4.69) is 5.32 Å². The Balaban J connectivity index is 2.08. The molecule has 1 aliphatic heterocycles. The molecule has 3 rings (SSSR count). The molecule has 1 fully saturated rings. The van der Waals surface area contributed by atoms with Crippen LogP contribution in [0.15, 0.2) is 48.5 Å². The Morgan fingerprint density at radius 1 is 1.24 bits per heavy atom. The van der Waals surface area contributed by atoms with Crippen LogP contribution >= 0.6 is 11.6 Å². The number of hydrogen-bond donors (Lipinski definition) is 3. The Bertz CT molecular complexity index is 809. The highest BCUT2D eigenvalue weighted by atomic mass is 35.5. The van der Waals surface area contributed by atoms with E-state index in [4.69, 9.17) is 16.8 Å². The zero-order valence-corrected chi connectivity index (χ0v) is 14.4. The maximum absolute atomic E-state index is 12.5. The van der Waals surface area contributed by atoms with Crippen molar-refractivity contribution in [3.05, 3.63) is 59.1 Å². The minimum Gasteiger partial charge on any atom is -0.354 e. The van der Waals surface area contributed by atoms with Gasteiger partial charge >= 0.3 is 0 Å². The van der Waals surface area contributed by atoms with Gasteiger partial charge in [-0.15, -0.1) is 0 Å². The van der Waals surface area contributed by atoms with E-state index in [0.29, 0.717) is 23.6 Å². The lowest BCUT2D eigenvalue weighted by Gasteiger charge is -2.38. The number of anilines is 2. The van der Waals surface area contributed by atoms with Crippen molar-refractivity contribution in [1.82, 2.24) is 10.8 Å². The van der Waals surface area contributed by atoms with Crippen LogP contribution in [-0.2, 0) is 4.79 Å². The number of nitrogens with one attached hydrogen (secondary N) is 2. The van der Waals surface area contributed by atoms with E-state index in [1.165, 1.54) is 0 Å². The monoisotopic (exact) mass is 359 g/mol. The maximum Gasteiger partial charge on any atom is 0.274 e. The maximum atomic E-state index is 12.5. The number of hydroxylamine groups is 1. The first-order valence-corrected chi connectivity index (χ1v) is 8.22. The molecule has 6 nitrogen and oxygen atoms in total. The number of carbonyl (C=O) groups excluding carboxylic acids is 2. The number of carbonyl (C=O) groups is 2. The average molecular weight is 360 g/mol. The van der Waals surface area contributed by atoms with Crippen molar-refractivity contribution in [2.45, 2.75) is 18.9 Å². The number of benzene rings is 2. The summed E-state index contributed by atoms with van der Waals surface area (Å²) in [4.78, 5) is 26.0. The summed E-state index contributed by atoms with van der Waals surface area (Å²) in [5, 5.41) is 12.2. The lowest BCUT2D eigenvalue weighted by Crippen LogP contribution is -2.49. The highest BCUT2D eigenvalue weighted by molar-refractivity contribution is 6.30. The summed E-state index contributed by atoms with van der Waals surface area (Å²) in [6, 6.07) is 13.9. The van der Waals surface area contributed by atoms with Crippen molar-refractivity contribution in [1.29, 1.82) is 0 Å². The van der Waals surface area contributed by atoms with Crippen molar-refractivity contribution in [3.8, 4) is 0 Å². The van der Waals surface area contributed by atoms with Gasteiger partial charge in [-0.2, -0.15) is 0 Å². The van der Waals surface area contributed by atoms with Crippen LogP contribution in [0.1, 0.15) is 23.7 Å². The zero-order chi connectivity index (χ0) is 18.0. The fourth-order valence-electron chi connectivity index (χ4n) is 3.10. The van der Waals surface area contributed by atoms with Crippen molar-refractivity contribution < 1.29 is 14.8 Å². The minimum absolute atomic E-state index is 0.0651. The molecular formula is C18H18ClN3O3. The summed E-state index contributed by atoms with van der Waals surface area (Å²) < 4.78 is 0. The molecule has 1 heterocycles. The summed E-state index contributed by atoms with van der Waals surface area (Å²) >= 11 is 6.14.